The van der Waals surface area contributed by atoms with Crippen molar-refractivity contribution in [2.45, 2.75) is 6.92 Å². The average Bonchev–Trinajstić information content (AvgIpc) is 1.97. The number of aryl methyl sites for hydroxylation is 1. The zero-order valence-electron chi connectivity index (χ0n) is 7.64. The Bertz CT molecular complexity index is 457. The van der Waals surface area contributed by atoms with Crippen molar-refractivity contribution in [2.75, 3.05) is 11.0 Å². The van der Waals surface area contributed by atoms with Crippen LogP contribution >= 0.6 is 0 Å². The zero-order valence-corrected chi connectivity index (χ0v) is 8.45. The fraction of sp³-hybridized carbons (Fsp3) is 0.250. The van der Waals surface area contributed by atoms with Crippen molar-refractivity contribution >= 4 is 15.7 Å². The van der Waals surface area contributed by atoms with Gasteiger partial charge in [-0.2, -0.15) is 0 Å². The van der Waals surface area contributed by atoms with E-state index in [-0.39, 0.29) is 11.3 Å². The summed E-state index contributed by atoms with van der Waals surface area (Å²) in [6.07, 6.45) is 0.894. The predicted molar refractivity (Wildman–Crippen MR) is 49.6 cm³/mol. The smallest absolute Gasteiger partial charge is 0.229 e. The third kappa shape index (κ3) is 2.66. The topological polar surface area (TPSA) is 46.2 Å². The highest BCUT2D eigenvalue weighted by molar-refractivity contribution is 7.92. The second-order valence-corrected chi connectivity index (χ2v) is 4.70. The Morgan fingerprint density at radius 3 is 2.29 bits per heavy atom. The molecule has 0 fully saturated rings. The number of benzene rings is 1. The van der Waals surface area contributed by atoms with Crippen molar-refractivity contribution in [1.82, 2.24) is 0 Å². The normalized spacial score (nSPS) is 11.4. The Hall–Kier alpha value is -1.17. The first-order chi connectivity index (χ1) is 6.29. The Balaban J connectivity index is 3.17. The molecule has 0 bridgehead atoms. The van der Waals surface area contributed by atoms with Crippen LogP contribution in [0.2, 0.25) is 0 Å². The maximum Gasteiger partial charge on any atom is 0.229 e. The van der Waals surface area contributed by atoms with E-state index in [9.17, 15) is 17.2 Å². The van der Waals surface area contributed by atoms with Gasteiger partial charge in [-0.3, -0.25) is 4.72 Å². The van der Waals surface area contributed by atoms with Crippen LogP contribution in [0.15, 0.2) is 12.1 Å². The molecule has 78 valence electrons. The number of sulfonamides is 1. The molecule has 14 heavy (non-hydrogen) atoms. The Labute approximate surface area is 80.8 Å². The number of anilines is 1. The largest absolute Gasteiger partial charge is 0.281 e. The molecule has 0 aliphatic rings. The molecule has 0 amide bonds. The van der Waals surface area contributed by atoms with Gasteiger partial charge in [-0.1, -0.05) is 0 Å². The van der Waals surface area contributed by atoms with Crippen molar-refractivity contribution < 1.29 is 17.2 Å². The molecular formula is C8H9F2NO2S. The Kier molecular flexibility index (Phi) is 2.75. The summed E-state index contributed by atoms with van der Waals surface area (Å²) in [6.45, 7) is 1.42. The van der Waals surface area contributed by atoms with Crippen LogP contribution in [0.3, 0.4) is 0 Å². The summed E-state index contributed by atoms with van der Waals surface area (Å²) in [6, 6.07) is 1.74. The third-order valence-electron chi connectivity index (χ3n) is 1.54. The van der Waals surface area contributed by atoms with Crippen LogP contribution in [-0.2, 0) is 10.0 Å². The van der Waals surface area contributed by atoms with E-state index in [1.54, 1.807) is 0 Å². The molecule has 0 aliphatic carbocycles. The van der Waals surface area contributed by atoms with Gasteiger partial charge in [0.15, 0.2) is 0 Å². The Morgan fingerprint density at radius 1 is 1.21 bits per heavy atom. The van der Waals surface area contributed by atoms with Gasteiger partial charge >= 0.3 is 0 Å². The van der Waals surface area contributed by atoms with Crippen molar-refractivity contribution in [3.63, 3.8) is 0 Å². The molecule has 3 nitrogen and oxygen atoms in total. The number of hydrogen-bond acceptors (Lipinski definition) is 2. The van der Waals surface area contributed by atoms with Crippen LogP contribution in [-0.4, -0.2) is 14.7 Å². The SMILES string of the molecule is Cc1cc(NS(C)(=O)=O)c(F)cc1F. The summed E-state index contributed by atoms with van der Waals surface area (Å²) < 4.78 is 49.3. The summed E-state index contributed by atoms with van der Waals surface area (Å²) in [4.78, 5) is 0. The van der Waals surface area contributed by atoms with Crippen molar-refractivity contribution in [3.8, 4) is 0 Å². The molecule has 0 saturated carbocycles. The minimum atomic E-state index is -3.54. The lowest BCUT2D eigenvalue weighted by Crippen LogP contribution is -2.11. The van der Waals surface area contributed by atoms with E-state index in [1.807, 2.05) is 4.72 Å². The van der Waals surface area contributed by atoms with E-state index in [1.165, 1.54) is 6.92 Å². The molecule has 1 N–H and O–H groups in total. The monoisotopic (exact) mass is 221 g/mol. The van der Waals surface area contributed by atoms with Crippen molar-refractivity contribution in [1.29, 1.82) is 0 Å². The quantitative estimate of drug-likeness (QED) is 0.825. The Morgan fingerprint density at radius 2 is 1.79 bits per heavy atom. The summed E-state index contributed by atoms with van der Waals surface area (Å²) in [5, 5.41) is 0. The van der Waals surface area contributed by atoms with Gasteiger partial charge in [0.25, 0.3) is 0 Å². The molecule has 1 rings (SSSR count). The second kappa shape index (κ2) is 3.53. The lowest BCUT2D eigenvalue weighted by Gasteiger charge is -2.06. The van der Waals surface area contributed by atoms with Crippen molar-refractivity contribution in [2.24, 2.45) is 0 Å². The first kappa shape index (κ1) is 10.9. The number of hydrogen-bond donors (Lipinski definition) is 1. The molecule has 0 radical (unpaired) electrons. The minimum Gasteiger partial charge on any atom is -0.281 e. The molecule has 0 spiro atoms. The maximum absolute atomic E-state index is 13.0. The maximum atomic E-state index is 13.0. The molecule has 0 aliphatic heterocycles. The van der Waals surface area contributed by atoms with Crippen LogP contribution in [0.25, 0.3) is 0 Å². The number of nitrogens with one attached hydrogen (secondary N) is 1. The molecule has 1 aromatic rings. The number of rotatable bonds is 2. The first-order valence-corrected chi connectivity index (χ1v) is 5.62. The second-order valence-electron chi connectivity index (χ2n) is 2.96. The molecule has 0 unspecified atom stereocenters. The summed E-state index contributed by atoms with van der Waals surface area (Å²) in [5.74, 6) is -1.64. The minimum absolute atomic E-state index is 0.178. The van der Waals surface area contributed by atoms with Gasteiger partial charge in [0.1, 0.15) is 11.6 Å². The summed E-state index contributed by atoms with van der Waals surface area (Å²) in [7, 11) is -3.54. The summed E-state index contributed by atoms with van der Waals surface area (Å²) >= 11 is 0. The van der Waals surface area contributed by atoms with Gasteiger partial charge in [0.05, 0.1) is 11.9 Å². The fourth-order valence-corrected chi connectivity index (χ4v) is 1.49. The van der Waals surface area contributed by atoms with Gasteiger partial charge in [-0.15, -0.1) is 0 Å². The fourth-order valence-electron chi connectivity index (χ4n) is 0.935. The van der Waals surface area contributed by atoms with Crippen LogP contribution in [0.4, 0.5) is 14.5 Å². The van der Waals surface area contributed by atoms with Gasteiger partial charge in [0.2, 0.25) is 10.0 Å². The lowest BCUT2D eigenvalue weighted by atomic mass is 10.2. The average molecular weight is 221 g/mol. The zero-order chi connectivity index (χ0) is 10.9. The molecule has 6 heteroatoms. The van der Waals surface area contributed by atoms with Crippen LogP contribution < -0.4 is 4.72 Å². The van der Waals surface area contributed by atoms with E-state index in [0.29, 0.717) is 6.07 Å². The van der Waals surface area contributed by atoms with E-state index < -0.39 is 21.7 Å². The van der Waals surface area contributed by atoms with Gasteiger partial charge in [-0.05, 0) is 18.6 Å². The van der Waals surface area contributed by atoms with E-state index in [4.69, 9.17) is 0 Å². The highest BCUT2D eigenvalue weighted by Crippen LogP contribution is 2.19. The molecule has 0 heterocycles. The number of halogens is 2. The van der Waals surface area contributed by atoms with Crippen LogP contribution in [0, 0.1) is 18.6 Å². The van der Waals surface area contributed by atoms with Crippen LogP contribution in [0.5, 0.6) is 0 Å². The summed E-state index contributed by atoms with van der Waals surface area (Å²) in [5.41, 5.74) is -0.0658. The first-order valence-electron chi connectivity index (χ1n) is 3.73. The highest BCUT2D eigenvalue weighted by atomic mass is 32.2. The standard InChI is InChI=1S/C8H9F2NO2S/c1-5-3-8(11-14(2,12)13)7(10)4-6(5)9/h3-4,11H,1-2H3. The van der Waals surface area contributed by atoms with Gasteiger partial charge in [-0.25, -0.2) is 17.2 Å². The van der Waals surface area contributed by atoms with E-state index in [0.717, 1.165) is 12.3 Å². The van der Waals surface area contributed by atoms with E-state index >= 15 is 0 Å². The predicted octanol–water partition coefficient (Wildman–Crippen LogP) is 1.64. The molecule has 1 aromatic carbocycles. The van der Waals surface area contributed by atoms with E-state index in [2.05, 4.69) is 0 Å². The molecule has 0 aromatic heterocycles. The lowest BCUT2D eigenvalue weighted by molar-refractivity contribution is 0.578. The third-order valence-corrected chi connectivity index (χ3v) is 2.13. The van der Waals surface area contributed by atoms with Crippen molar-refractivity contribution in [3.05, 3.63) is 29.3 Å². The van der Waals surface area contributed by atoms with Gasteiger partial charge in [0, 0.05) is 6.07 Å². The highest BCUT2D eigenvalue weighted by Gasteiger charge is 2.10. The van der Waals surface area contributed by atoms with Crippen LogP contribution in [0.1, 0.15) is 5.56 Å². The molecule has 0 atom stereocenters. The molecular weight excluding hydrogens is 212 g/mol. The molecule has 0 saturated heterocycles. The van der Waals surface area contributed by atoms with Gasteiger partial charge < -0.3 is 0 Å².